The van der Waals surface area contributed by atoms with Gasteiger partial charge in [-0.1, -0.05) is 24.3 Å². The standard InChI is InChI=1S/C24H33N5O2/c1-18-16-28(12-13-31-18)17-22-7-4-6-21(14-22)15-26-24(30)9-8-23-19(2)27-29(20(23)3)11-5-10-25/h4,6-7,14,18H,5,8-9,11-13,15-17H2,1-3H3,(H,26,30). The Morgan fingerprint density at radius 2 is 2.16 bits per heavy atom. The van der Waals surface area contributed by atoms with Gasteiger partial charge in [0.1, 0.15) is 0 Å². The molecule has 0 aliphatic carbocycles. The van der Waals surface area contributed by atoms with Gasteiger partial charge in [-0.25, -0.2) is 0 Å². The van der Waals surface area contributed by atoms with Gasteiger partial charge in [0.2, 0.25) is 5.91 Å². The summed E-state index contributed by atoms with van der Waals surface area (Å²) < 4.78 is 7.48. The molecule has 2 aromatic rings. The SMILES string of the molecule is Cc1nn(CCC#N)c(C)c1CCC(=O)NCc1cccc(CN2CCOC(C)C2)c1. The van der Waals surface area contributed by atoms with Crippen molar-refractivity contribution in [2.24, 2.45) is 0 Å². The lowest BCUT2D eigenvalue weighted by Crippen LogP contribution is -2.40. The number of hydrogen-bond donors (Lipinski definition) is 1. The number of amides is 1. The lowest BCUT2D eigenvalue weighted by atomic mass is 10.1. The molecule has 3 rings (SSSR count). The molecule has 1 fully saturated rings. The van der Waals surface area contributed by atoms with Crippen molar-refractivity contribution in [1.29, 1.82) is 5.26 Å². The molecule has 1 saturated heterocycles. The van der Waals surface area contributed by atoms with Gasteiger partial charge in [0, 0.05) is 38.3 Å². The lowest BCUT2D eigenvalue weighted by molar-refractivity contribution is -0.121. The minimum absolute atomic E-state index is 0.0379. The summed E-state index contributed by atoms with van der Waals surface area (Å²) in [6, 6.07) is 10.6. The Labute approximate surface area is 185 Å². The molecule has 31 heavy (non-hydrogen) atoms. The zero-order valence-corrected chi connectivity index (χ0v) is 18.9. The molecule has 0 spiro atoms. The summed E-state index contributed by atoms with van der Waals surface area (Å²) in [4.78, 5) is 14.8. The van der Waals surface area contributed by atoms with Crippen LogP contribution >= 0.6 is 0 Å². The number of aromatic nitrogens is 2. The fraction of sp³-hybridized carbons (Fsp3) is 0.542. The molecule has 1 aliphatic heterocycles. The molecule has 1 atom stereocenters. The van der Waals surface area contributed by atoms with Crippen molar-refractivity contribution in [3.05, 3.63) is 52.3 Å². The number of morpholine rings is 1. The maximum absolute atomic E-state index is 12.4. The number of nitrogens with zero attached hydrogens (tertiary/aromatic N) is 4. The van der Waals surface area contributed by atoms with Gasteiger partial charge in [-0.3, -0.25) is 14.4 Å². The van der Waals surface area contributed by atoms with Gasteiger partial charge >= 0.3 is 0 Å². The number of hydrogen-bond acceptors (Lipinski definition) is 5. The van der Waals surface area contributed by atoms with Gasteiger partial charge < -0.3 is 10.1 Å². The third-order valence-corrected chi connectivity index (χ3v) is 5.78. The van der Waals surface area contributed by atoms with Gasteiger partial charge in [-0.15, -0.1) is 0 Å². The largest absolute Gasteiger partial charge is 0.376 e. The third kappa shape index (κ3) is 6.65. The third-order valence-electron chi connectivity index (χ3n) is 5.78. The molecule has 0 saturated carbocycles. The van der Waals surface area contributed by atoms with E-state index in [4.69, 9.17) is 10.00 Å². The van der Waals surface area contributed by atoms with Crippen LogP contribution < -0.4 is 5.32 Å². The van der Waals surface area contributed by atoms with Crippen LogP contribution in [0.5, 0.6) is 0 Å². The first kappa shape index (κ1) is 23.0. The minimum Gasteiger partial charge on any atom is -0.376 e. The highest BCUT2D eigenvalue weighted by molar-refractivity contribution is 5.76. The highest BCUT2D eigenvalue weighted by Gasteiger charge is 2.17. The number of ether oxygens (including phenoxy) is 1. The molecule has 7 nitrogen and oxygen atoms in total. The van der Waals surface area contributed by atoms with E-state index in [2.05, 4.69) is 52.6 Å². The number of nitriles is 1. The number of rotatable bonds is 9. The number of aryl methyl sites for hydroxylation is 2. The summed E-state index contributed by atoms with van der Waals surface area (Å²) in [5.74, 6) is 0.0379. The molecular weight excluding hydrogens is 390 g/mol. The Bertz CT molecular complexity index is 931. The maximum atomic E-state index is 12.4. The van der Waals surface area contributed by atoms with Crippen molar-refractivity contribution in [2.45, 2.75) is 65.8 Å². The summed E-state index contributed by atoms with van der Waals surface area (Å²) in [6.45, 7) is 10.8. The second-order valence-electron chi connectivity index (χ2n) is 8.29. The van der Waals surface area contributed by atoms with Crippen LogP contribution in [0.3, 0.4) is 0 Å². The highest BCUT2D eigenvalue weighted by Crippen LogP contribution is 2.16. The van der Waals surface area contributed by atoms with Crippen LogP contribution in [0.4, 0.5) is 0 Å². The number of carbonyl (C=O) groups is 1. The van der Waals surface area contributed by atoms with E-state index >= 15 is 0 Å². The van der Waals surface area contributed by atoms with E-state index in [-0.39, 0.29) is 12.0 Å². The van der Waals surface area contributed by atoms with Crippen molar-refractivity contribution >= 4 is 5.91 Å². The van der Waals surface area contributed by atoms with Gasteiger partial charge in [-0.2, -0.15) is 10.4 Å². The molecule has 2 heterocycles. The van der Waals surface area contributed by atoms with Crippen LogP contribution in [0.15, 0.2) is 24.3 Å². The van der Waals surface area contributed by atoms with Crippen LogP contribution in [0, 0.1) is 25.2 Å². The normalized spacial score (nSPS) is 16.8. The van der Waals surface area contributed by atoms with Crippen LogP contribution in [0.2, 0.25) is 0 Å². The van der Waals surface area contributed by atoms with Crippen LogP contribution in [0.1, 0.15) is 47.8 Å². The number of nitrogens with one attached hydrogen (secondary N) is 1. The van der Waals surface area contributed by atoms with E-state index < -0.39 is 0 Å². The highest BCUT2D eigenvalue weighted by atomic mass is 16.5. The average Bonchev–Trinajstić information content (AvgIpc) is 3.02. The lowest BCUT2D eigenvalue weighted by Gasteiger charge is -2.31. The van der Waals surface area contributed by atoms with E-state index in [1.165, 1.54) is 5.56 Å². The molecular formula is C24H33N5O2. The fourth-order valence-corrected chi connectivity index (χ4v) is 4.13. The molecule has 7 heteroatoms. The maximum Gasteiger partial charge on any atom is 0.220 e. The molecule has 1 N–H and O–H groups in total. The minimum atomic E-state index is 0.0379. The second kappa shape index (κ2) is 11.1. The summed E-state index contributed by atoms with van der Waals surface area (Å²) in [5, 5.41) is 16.3. The first-order valence-electron chi connectivity index (χ1n) is 11.0. The first-order valence-corrected chi connectivity index (χ1v) is 11.0. The molecule has 1 amide bonds. The van der Waals surface area contributed by atoms with E-state index in [1.54, 1.807) is 0 Å². The van der Waals surface area contributed by atoms with E-state index in [0.717, 1.165) is 48.8 Å². The number of carbonyl (C=O) groups excluding carboxylic acids is 1. The molecule has 1 aliphatic rings. The van der Waals surface area contributed by atoms with Crippen LogP contribution in [0.25, 0.3) is 0 Å². The Kier molecular flexibility index (Phi) is 8.21. The van der Waals surface area contributed by atoms with E-state index in [0.29, 0.717) is 32.4 Å². The van der Waals surface area contributed by atoms with E-state index in [9.17, 15) is 4.79 Å². The smallest absolute Gasteiger partial charge is 0.220 e. The van der Waals surface area contributed by atoms with E-state index in [1.807, 2.05) is 18.5 Å². The van der Waals surface area contributed by atoms with Gasteiger partial charge in [0.05, 0.1) is 37.4 Å². The zero-order valence-electron chi connectivity index (χ0n) is 18.9. The first-order chi connectivity index (χ1) is 15.0. The Hall–Kier alpha value is -2.69. The zero-order chi connectivity index (χ0) is 22.2. The van der Waals surface area contributed by atoms with Crippen molar-refractivity contribution < 1.29 is 9.53 Å². The molecule has 0 radical (unpaired) electrons. The summed E-state index contributed by atoms with van der Waals surface area (Å²) in [7, 11) is 0. The average molecular weight is 424 g/mol. The quantitative estimate of drug-likeness (QED) is 0.671. The van der Waals surface area contributed by atoms with Gasteiger partial charge in [0.15, 0.2) is 0 Å². The number of benzene rings is 1. The van der Waals surface area contributed by atoms with Gasteiger partial charge in [0.25, 0.3) is 0 Å². The molecule has 0 bridgehead atoms. The van der Waals surface area contributed by atoms with Gasteiger partial charge in [-0.05, 0) is 43.9 Å². The second-order valence-corrected chi connectivity index (χ2v) is 8.29. The molecule has 166 valence electrons. The summed E-state index contributed by atoms with van der Waals surface area (Å²) in [5.41, 5.74) is 5.47. The molecule has 1 aromatic heterocycles. The summed E-state index contributed by atoms with van der Waals surface area (Å²) >= 11 is 0. The van der Waals surface area contributed by atoms with Crippen molar-refractivity contribution in [2.75, 3.05) is 19.7 Å². The predicted molar refractivity (Wildman–Crippen MR) is 119 cm³/mol. The topological polar surface area (TPSA) is 83.2 Å². The van der Waals surface area contributed by atoms with Crippen LogP contribution in [-0.4, -0.2) is 46.4 Å². The fourth-order valence-electron chi connectivity index (χ4n) is 4.13. The van der Waals surface area contributed by atoms with Crippen LogP contribution in [-0.2, 0) is 35.6 Å². The predicted octanol–water partition coefficient (Wildman–Crippen LogP) is 2.88. The Balaban J connectivity index is 1.48. The summed E-state index contributed by atoms with van der Waals surface area (Å²) in [6.07, 6.45) is 1.80. The Morgan fingerprint density at radius 3 is 2.94 bits per heavy atom. The Morgan fingerprint density at radius 1 is 1.35 bits per heavy atom. The van der Waals surface area contributed by atoms with Crippen molar-refractivity contribution in [3.8, 4) is 6.07 Å². The van der Waals surface area contributed by atoms with Crippen molar-refractivity contribution in [1.82, 2.24) is 20.0 Å². The monoisotopic (exact) mass is 423 g/mol. The van der Waals surface area contributed by atoms with Crippen molar-refractivity contribution in [3.63, 3.8) is 0 Å². The molecule has 1 aromatic carbocycles. The molecule has 1 unspecified atom stereocenters.